The lowest BCUT2D eigenvalue weighted by Crippen LogP contribution is -2.60. The van der Waals surface area contributed by atoms with Crippen LogP contribution in [-0.4, -0.2) is 43.4 Å². The van der Waals surface area contributed by atoms with E-state index < -0.39 is 16.1 Å². The van der Waals surface area contributed by atoms with Crippen molar-refractivity contribution in [2.45, 2.75) is 31.7 Å². The summed E-state index contributed by atoms with van der Waals surface area (Å²) in [5, 5.41) is 9.90. The molecule has 1 aliphatic carbocycles. The van der Waals surface area contributed by atoms with E-state index in [0.29, 0.717) is 45.8 Å². The number of benzene rings is 2. The highest BCUT2D eigenvalue weighted by Gasteiger charge is 2.46. The van der Waals surface area contributed by atoms with Gasteiger partial charge in [-0.25, -0.2) is 13.2 Å². The van der Waals surface area contributed by atoms with Crippen LogP contribution in [0.2, 0.25) is 0 Å². The van der Waals surface area contributed by atoms with Crippen LogP contribution in [0.3, 0.4) is 0 Å². The predicted molar refractivity (Wildman–Crippen MR) is 137 cm³/mol. The Morgan fingerprint density at radius 1 is 1.14 bits per heavy atom. The van der Waals surface area contributed by atoms with E-state index >= 15 is 0 Å². The van der Waals surface area contributed by atoms with Crippen LogP contribution < -0.4 is 10.2 Å². The van der Waals surface area contributed by atoms with Crippen molar-refractivity contribution in [2.75, 3.05) is 17.5 Å². The van der Waals surface area contributed by atoms with Gasteiger partial charge >= 0.3 is 6.09 Å². The fourth-order valence-electron chi connectivity index (χ4n) is 5.25. The molecule has 2 atom stereocenters. The van der Waals surface area contributed by atoms with Crippen molar-refractivity contribution in [2.24, 2.45) is 11.8 Å². The molecule has 1 saturated heterocycles. The molecule has 1 saturated carbocycles. The molecule has 2 aromatic carbocycles. The fraction of sp³-hybridized carbons (Fsp3) is 0.333. The van der Waals surface area contributed by atoms with Crippen molar-refractivity contribution in [3.8, 4) is 23.0 Å². The van der Waals surface area contributed by atoms with Crippen molar-refractivity contribution in [1.29, 1.82) is 0 Å². The Bertz CT molecular complexity index is 1540. The Morgan fingerprint density at radius 3 is 2.53 bits per heavy atom. The van der Waals surface area contributed by atoms with E-state index in [2.05, 4.69) is 16.6 Å². The molecular formula is C27H26N2O6S. The first kappa shape index (κ1) is 23.9. The van der Waals surface area contributed by atoms with Gasteiger partial charge in [-0.2, -0.15) is 0 Å². The Hall–Kier alpha value is -3.77. The average molecular weight is 507 g/mol. The number of likely N-dealkylation sites (tertiary alicyclic amines) is 1. The summed E-state index contributed by atoms with van der Waals surface area (Å²) < 4.78 is 30.9. The molecule has 8 nitrogen and oxygen atoms in total. The number of nitrogens with one attached hydrogen (secondary N) is 1. The molecule has 0 bridgehead atoms. The van der Waals surface area contributed by atoms with Crippen molar-refractivity contribution in [3.63, 3.8) is 0 Å². The third kappa shape index (κ3) is 4.82. The molecular weight excluding hydrogens is 480 g/mol. The van der Waals surface area contributed by atoms with Crippen LogP contribution in [-0.2, 0) is 10.0 Å². The number of amides is 1. The van der Waals surface area contributed by atoms with Gasteiger partial charge in [-0.05, 0) is 54.7 Å². The highest BCUT2D eigenvalue weighted by Crippen LogP contribution is 2.39. The van der Waals surface area contributed by atoms with E-state index in [1.807, 2.05) is 0 Å². The van der Waals surface area contributed by atoms with Gasteiger partial charge in [0.1, 0.15) is 11.8 Å². The zero-order chi connectivity index (χ0) is 25.4. The maximum atomic E-state index is 13.1. The van der Waals surface area contributed by atoms with Crippen LogP contribution in [0.25, 0.3) is 22.1 Å². The zero-order valence-corrected chi connectivity index (χ0v) is 20.5. The summed E-state index contributed by atoms with van der Waals surface area (Å²) in [5.41, 5.74) is 2.31. The van der Waals surface area contributed by atoms with Crippen LogP contribution in [0.4, 0.5) is 10.5 Å². The molecule has 0 radical (unpaired) electrons. The minimum atomic E-state index is -3.39. The maximum Gasteiger partial charge on any atom is 0.407 e. The average Bonchev–Trinajstić information content (AvgIpc) is 3.32. The van der Waals surface area contributed by atoms with Crippen LogP contribution >= 0.6 is 0 Å². The summed E-state index contributed by atoms with van der Waals surface area (Å²) in [6.07, 6.45) is 5.97. The molecule has 1 aliphatic heterocycles. The molecule has 186 valence electrons. The molecule has 5 rings (SSSR count). The third-order valence-electron chi connectivity index (χ3n) is 6.97. The molecule has 36 heavy (non-hydrogen) atoms. The third-order valence-corrected chi connectivity index (χ3v) is 7.58. The number of anilines is 1. The van der Waals surface area contributed by atoms with Gasteiger partial charge in [-0.1, -0.05) is 36.8 Å². The van der Waals surface area contributed by atoms with Crippen LogP contribution in [0.1, 0.15) is 31.2 Å². The normalized spacial score (nSPS) is 20.0. The highest BCUT2D eigenvalue weighted by molar-refractivity contribution is 7.92. The molecule has 2 aliphatic rings. The van der Waals surface area contributed by atoms with Crippen LogP contribution in [0.5, 0.6) is 0 Å². The Morgan fingerprint density at radius 2 is 1.86 bits per heavy atom. The summed E-state index contributed by atoms with van der Waals surface area (Å²) in [5.74, 6) is 6.80. The Labute approximate surface area is 209 Å². The van der Waals surface area contributed by atoms with Crippen molar-refractivity contribution >= 4 is 32.8 Å². The standard InChI is InChI=1S/C27H26N2O6S/c1-36(33,34)28-21-11-9-18(10-12-21)23-16-35-24-14-17(7-13-22(24)26(23)30)6-8-20-15-29(27(31)32)25(20)19-4-2-3-5-19/h7,9-14,16,19-20,25,28H,2-5,15H2,1H3,(H,31,32). The lowest BCUT2D eigenvalue weighted by atomic mass is 9.79. The second-order valence-corrected chi connectivity index (χ2v) is 11.2. The van der Waals surface area contributed by atoms with Gasteiger partial charge in [0.15, 0.2) is 5.43 Å². The topological polar surface area (TPSA) is 117 Å². The number of carbonyl (C=O) groups is 1. The molecule has 0 spiro atoms. The number of hydrogen-bond acceptors (Lipinski definition) is 5. The highest BCUT2D eigenvalue weighted by atomic mass is 32.2. The lowest BCUT2D eigenvalue weighted by molar-refractivity contribution is 0.0165. The quantitative estimate of drug-likeness (QED) is 0.508. The second-order valence-electron chi connectivity index (χ2n) is 9.49. The van der Waals surface area contributed by atoms with Gasteiger partial charge < -0.3 is 14.4 Å². The molecule has 1 aromatic heterocycles. The molecule has 2 fully saturated rings. The van der Waals surface area contributed by atoms with Crippen LogP contribution in [0, 0.1) is 23.7 Å². The number of carboxylic acid groups (broad SMARTS) is 1. The first-order valence-corrected chi connectivity index (χ1v) is 13.7. The van der Waals surface area contributed by atoms with Gasteiger partial charge in [0.2, 0.25) is 10.0 Å². The van der Waals surface area contributed by atoms with Crippen LogP contribution in [0.15, 0.2) is 57.9 Å². The minimum Gasteiger partial charge on any atom is -0.465 e. The van der Waals surface area contributed by atoms with Gasteiger partial charge in [-0.15, -0.1) is 0 Å². The number of rotatable bonds is 4. The Kier molecular flexibility index (Phi) is 6.22. The minimum absolute atomic E-state index is 0.00874. The van der Waals surface area contributed by atoms with Crippen molar-refractivity contribution in [3.05, 3.63) is 64.5 Å². The maximum absolute atomic E-state index is 13.1. The summed E-state index contributed by atoms with van der Waals surface area (Å²) in [6, 6.07) is 11.6. The molecule has 2 heterocycles. The molecule has 9 heteroatoms. The van der Waals surface area contributed by atoms with Gasteiger partial charge in [0, 0.05) is 17.8 Å². The summed E-state index contributed by atoms with van der Waals surface area (Å²) >= 11 is 0. The second kappa shape index (κ2) is 9.36. The first-order valence-electron chi connectivity index (χ1n) is 11.8. The first-order chi connectivity index (χ1) is 17.2. The largest absolute Gasteiger partial charge is 0.465 e. The lowest BCUT2D eigenvalue weighted by Gasteiger charge is -2.47. The van der Waals surface area contributed by atoms with E-state index in [1.165, 1.54) is 11.2 Å². The van der Waals surface area contributed by atoms with E-state index in [4.69, 9.17) is 4.42 Å². The Balaban J connectivity index is 1.37. The summed E-state index contributed by atoms with van der Waals surface area (Å²) in [7, 11) is -3.39. The van der Waals surface area contributed by atoms with Gasteiger partial charge in [0.25, 0.3) is 0 Å². The summed E-state index contributed by atoms with van der Waals surface area (Å²) in [6.45, 7) is 0.425. The summed E-state index contributed by atoms with van der Waals surface area (Å²) in [4.78, 5) is 26.2. The van der Waals surface area contributed by atoms with E-state index in [1.54, 1.807) is 42.5 Å². The number of hydrogen-bond donors (Lipinski definition) is 2. The molecule has 2 N–H and O–H groups in total. The van der Waals surface area contributed by atoms with E-state index in [0.717, 1.165) is 31.9 Å². The number of fused-ring (bicyclic) bond motifs is 1. The van der Waals surface area contributed by atoms with E-state index in [9.17, 15) is 23.1 Å². The van der Waals surface area contributed by atoms with E-state index in [-0.39, 0.29) is 17.4 Å². The molecule has 1 amide bonds. The smallest absolute Gasteiger partial charge is 0.407 e. The van der Waals surface area contributed by atoms with Crippen molar-refractivity contribution < 1.29 is 22.7 Å². The SMILES string of the molecule is CS(=O)(=O)Nc1ccc(-c2coc3cc(C#CC4CN(C(=O)O)C4C4CCCC4)ccc3c2=O)cc1. The number of sulfonamides is 1. The van der Waals surface area contributed by atoms with Gasteiger partial charge in [-0.3, -0.25) is 9.52 Å². The molecule has 3 aromatic rings. The fourth-order valence-corrected chi connectivity index (χ4v) is 5.82. The molecule has 2 unspecified atom stereocenters. The van der Waals surface area contributed by atoms with Gasteiger partial charge in [0.05, 0.1) is 29.2 Å². The zero-order valence-electron chi connectivity index (χ0n) is 19.7. The monoisotopic (exact) mass is 506 g/mol. The predicted octanol–water partition coefficient (Wildman–Crippen LogP) is 4.35. The van der Waals surface area contributed by atoms with Crippen molar-refractivity contribution in [1.82, 2.24) is 4.90 Å². The number of nitrogens with zero attached hydrogens (tertiary/aromatic N) is 1.